The summed E-state index contributed by atoms with van der Waals surface area (Å²) in [5.41, 5.74) is 8.14. The lowest BCUT2D eigenvalue weighted by Crippen LogP contribution is -2.29. The first-order valence-electron chi connectivity index (χ1n) is 14.2. The van der Waals surface area contributed by atoms with Crippen molar-refractivity contribution in [3.05, 3.63) is 148 Å². The van der Waals surface area contributed by atoms with Crippen LogP contribution in [0.2, 0.25) is 5.02 Å². The van der Waals surface area contributed by atoms with Gasteiger partial charge in [-0.1, -0.05) is 96.0 Å². The average Bonchev–Trinajstić information content (AvgIpc) is 3.50. The Kier molecular flexibility index (Phi) is 6.82. The van der Waals surface area contributed by atoms with E-state index in [0.29, 0.717) is 23.5 Å². The molecule has 1 aliphatic heterocycles. The van der Waals surface area contributed by atoms with Gasteiger partial charge in [0.15, 0.2) is 0 Å². The Bertz CT molecular complexity index is 1780. The fourth-order valence-electron chi connectivity index (χ4n) is 6.28. The van der Waals surface area contributed by atoms with Crippen molar-refractivity contribution in [1.29, 1.82) is 0 Å². The Morgan fingerprint density at radius 2 is 1.78 bits per heavy atom. The van der Waals surface area contributed by atoms with Crippen LogP contribution in [0.25, 0.3) is 10.8 Å². The van der Waals surface area contributed by atoms with Gasteiger partial charge in [0.2, 0.25) is 0 Å². The first-order valence-corrected chi connectivity index (χ1v) is 14.6. The molecule has 0 aromatic heterocycles. The summed E-state index contributed by atoms with van der Waals surface area (Å²) in [5.74, 6) is 1.73. The summed E-state index contributed by atoms with van der Waals surface area (Å²) in [6.07, 6.45) is 7.66. The molecule has 3 atom stereocenters. The molecule has 0 bridgehead atoms. The molecule has 2 aliphatic rings. The van der Waals surface area contributed by atoms with Gasteiger partial charge < -0.3 is 10.1 Å². The zero-order valence-electron chi connectivity index (χ0n) is 22.9. The van der Waals surface area contributed by atoms with E-state index < -0.39 is 0 Å². The molecule has 0 radical (unpaired) electrons. The van der Waals surface area contributed by atoms with E-state index in [9.17, 15) is 0 Å². The fourth-order valence-corrected chi connectivity index (χ4v) is 6.46. The molecule has 0 fully saturated rings. The van der Waals surface area contributed by atoms with Crippen molar-refractivity contribution < 1.29 is 4.74 Å². The third-order valence-electron chi connectivity index (χ3n) is 8.36. The highest BCUT2D eigenvalue weighted by molar-refractivity contribution is 6.30. The molecule has 7 rings (SSSR count). The number of aryl methyl sites for hydroxylation is 1. The van der Waals surface area contributed by atoms with E-state index >= 15 is 0 Å². The van der Waals surface area contributed by atoms with Gasteiger partial charge in [0.25, 0.3) is 0 Å². The van der Waals surface area contributed by atoms with Gasteiger partial charge in [0.1, 0.15) is 12.4 Å². The molecule has 1 heterocycles. The lowest BCUT2D eigenvalue weighted by molar-refractivity contribution is 0.307. The molecule has 0 saturated heterocycles. The third-order valence-corrected chi connectivity index (χ3v) is 8.59. The van der Waals surface area contributed by atoms with Crippen molar-refractivity contribution in [1.82, 2.24) is 0 Å². The molecule has 5 aromatic carbocycles. The molecule has 0 unspecified atom stereocenters. The van der Waals surface area contributed by atoms with Crippen LogP contribution in [0.15, 0.2) is 120 Å². The predicted molar refractivity (Wildman–Crippen MR) is 171 cm³/mol. The molecule has 3 nitrogen and oxygen atoms in total. The maximum absolute atomic E-state index is 6.36. The topological polar surface area (TPSA) is 33.6 Å². The van der Waals surface area contributed by atoms with E-state index in [4.69, 9.17) is 21.3 Å². The molecular formula is C37H31ClN2O. The van der Waals surface area contributed by atoms with E-state index in [1.807, 2.05) is 24.4 Å². The van der Waals surface area contributed by atoms with Crippen LogP contribution in [-0.4, -0.2) is 6.21 Å². The van der Waals surface area contributed by atoms with Gasteiger partial charge in [-0.3, -0.25) is 4.99 Å². The molecule has 0 saturated carbocycles. The number of aliphatic imine (C=N–C) groups is 1. The quantitative estimate of drug-likeness (QED) is 0.167. The number of hydrogen-bond donors (Lipinski definition) is 1. The van der Waals surface area contributed by atoms with Crippen molar-refractivity contribution in [2.75, 3.05) is 5.32 Å². The Balaban J connectivity index is 1.09. The van der Waals surface area contributed by atoms with E-state index in [1.54, 1.807) is 0 Å². The number of anilines is 1. The zero-order chi connectivity index (χ0) is 27.8. The summed E-state index contributed by atoms with van der Waals surface area (Å²) in [6, 6.07) is 36.0. The van der Waals surface area contributed by atoms with E-state index in [-0.39, 0.29) is 6.04 Å². The standard InChI is InChI=1S/C37H31ClN2O/c1-24-12-18-35-34(20-24)32-10-5-11-33(32)37(40-35)26-13-16-30(17-14-26)39-22-28-21-29(38)15-19-36(28)41-23-27-8-4-7-25-6-2-3-9-31(25)27/h2-10,12-22,32-33,37,40H,11,23H2,1H3/t32-,33+,37+/m1/s1. The molecule has 41 heavy (non-hydrogen) atoms. The molecule has 4 heteroatoms. The van der Waals surface area contributed by atoms with Crippen LogP contribution in [0.5, 0.6) is 5.75 Å². The van der Waals surface area contributed by atoms with Crippen LogP contribution < -0.4 is 10.1 Å². The number of nitrogens with zero attached hydrogens (tertiary/aromatic N) is 1. The number of hydrogen-bond acceptors (Lipinski definition) is 3. The van der Waals surface area contributed by atoms with Crippen LogP contribution in [0, 0.1) is 12.8 Å². The minimum Gasteiger partial charge on any atom is -0.488 e. The van der Waals surface area contributed by atoms with E-state index in [2.05, 4.69) is 109 Å². The SMILES string of the molecule is Cc1ccc2c(c1)[C@@H]1C=CC[C@@H]1[C@H](c1ccc(N=Cc3cc(Cl)ccc3OCc3cccc4ccccc34)cc1)N2. The van der Waals surface area contributed by atoms with Crippen LogP contribution in [0.1, 0.15) is 46.2 Å². The molecule has 0 spiro atoms. The molecule has 1 aliphatic carbocycles. The maximum Gasteiger partial charge on any atom is 0.128 e. The summed E-state index contributed by atoms with van der Waals surface area (Å²) in [5, 5.41) is 6.89. The van der Waals surface area contributed by atoms with Crippen molar-refractivity contribution in [3.63, 3.8) is 0 Å². The van der Waals surface area contributed by atoms with Gasteiger partial charge in [0.05, 0.1) is 11.7 Å². The summed E-state index contributed by atoms with van der Waals surface area (Å²) in [6.45, 7) is 2.63. The van der Waals surface area contributed by atoms with Gasteiger partial charge in [-0.2, -0.15) is 0 Å². The largest absolute Gasteiger partial charge is 0.488 e. The normalized spacial score (nSPS) is 19.2. The molecule has 5 aromatic rings. The van der Waals surface area contributed by atoms with Crippen LogP contribution in [-0.2, 0) is 6.61 Å². The van der Waals surface area contributed by atoms with E-state index in [1.165, 1.54) is 33.2 Å². The van der Waals surface area contributed by atoms with Crippen LogP contribution >= 0.6 is 11.6 Å². The number of benzene rings is 5. The number of halogens is 1. The summed E-state index contributed by atoms with van der Waals surface area (Å²) >= 11 is 6.36. The van der Waals surface area contributed by atoms with E-state index in [0.717, 1.165) is 29.0 Å². The van der Waals surface area contributed by atoms with Crippen molar-refractivity contribution in [2.45, 2.75) is 31.9 Å². The lowest BCUT2D eigenvalue weighted by Gasteiger charge is -2.37. The predicted octanol–water partition coefficient (Wildman–Crippen LogP) is 9.96. The number of ether oxygens (including phenoxy) is 1. The van der Waals surface area contributed by atoms with Crippen LogP contribution in [0.3, 0.4) is 0 Å². The van der Waals surface area contributed by atoms with Gasteiger partial charge in [0, 0.05) is 28.4 Å². The second kappa shape index (κ2) is 10.9. The maximum atomic E-state index is 6.36. The number of allylic oxidation sites excluding steroid dienone is 2. The van der Waals surface area contributed by atoms with Gasteiger partial charge in [-0.25, -0.2) is 0 Å². The molecule has 202 valence electrons. The Hall–Kier alpha value is -4.34. The smallest absolute Gasteiger partial charge is 0.128 e. The average molecular weight is 555 g/mol. The summed E-state index contributed by atoms with van der Waals surface area (Å²) in [7, 11) is 0. The Morgan fingerprint density at radius 3 is 2.68 bits per heavy atom. The highest BCUT2D eigenvalue weighted by atomic mass is 35.5. The second-order valence-electron chi connectivity index (χ2n) is 11.0. The summed E-state index contributed by atoms with van der Waals surface area (Å²) < 4.78 is 6.29. The Labute approximate surface area is 246 Å². The van der Waals surface area contributed by atoms with Crippen LogP contribution in [0.4, 0.5) is 11.4 Å². The van der Waals surface area contributed by atoms with Crippen molar-refractivity contribution in [3.8, 4) is 5.75 Å². The first-order chi connectivity index (χ1) is 20.1. The number of nitrogens with one attached hydrogen (secondary N) is 1. The first kappa shape index (κ1) is 25.6. The van der Waals surface area contributed by atoms with Gasteiger partial charge in [-0.15, -0.1) is 0 Å². The monoisotopic (exact) mass is 554 g/mol. The minimum atomic E-state index is 0.269. The van der Waals surface area contributed by atoms with Crippen molar-refractivity contribution >= 4 is 40.0 Å². The number of rotatable bonds is 6. The second-order valence-corrected chi connectivity index (χ2v) is 11.5. The molecule has 0 amide bonds. The molecular weight excluding hydrogens is 524 g/mol. The highest BCUT2D eigenvalue weighted by Crippen LogP contribution is 2.50. The number of fused-ring (bicyclic) bond motifs is 4. The summed E-state index contributed by atoms with van der Waals surface area (Å²) in [4.78, 5) is 4.79. The fraction of sp³-hybridized carbons (Fsp3) is 0.162. The minimum absolute atomic E-state index is 0.269. The Morgan fingerprint density at radius 1 is 0.927 bits per heavy atom. The molecule has 1 N–H and O–H groups in total. The third kappa shape index (κ3) is 5.14. The van der Waals surface area contributed by atoms with Gasteiger partial charge in [-0.05, 0) is 83.1 Å². The zero-order valence-corrected chi connectivity index (χ0v) is 23.7. The van der Waals surface area contributed by atoms with Crippen molar-refractivity contribution in [2.24, 2.45) is 10.9 Å². The van der Waals surface area contributed by atoms with Gasteiger partial charge >= 0.3 is 0 Å². The lowest BCUT2D eigenvalue weighted by atomic mass is 9.76. The highest BCUT2D eigenvalue weighted by Gasteiger charge is 2.37.